The van der Waals surface area contributed by atoms with Gasteiger partial charge in [-0.2, -0.15) is 26.3 Å². The van der Waals surface area contributed by atoms with Crippen LogP contribution in [0, 0.1) is 0 Å². The topological polar surface area (TPSA) is 67.0 Å². The quantitative estimate of drug-likeness (QED) is 0.491. The van der Waals surface area contributed by atoms with Crippen molar-refractivity contribution >= 4 is 11.8 Å². The zero-order valence-electron chi connectivity index (χ0n) is 15.6. The molecule has 0 aliphatic heterocycles. The van der Waals surface area contributed by atoms with Crippen LogP contribution in [0.5, 0.6) is 0 Å². The van der Waals surface area contributed by atoms with Crippen molar-refractivity contribution in [3.63, 3.8) is 0 Å². The fraction of sp³-hybridized carbons (Fsp3) is 0.200. The monoisotopic (exact) mass is 443 g/mol. The van der Waals surface area contributed by atoms with Gasteiger partial charge in [0.2, 0.25) is 0 Å². The summed E-state index contributed by atoms with van der Waals surface area (Å²) in [5, 5.41) is 1.91. The number of nitrogens with zero attached hydrogens (tertiary/aromatic N) is 1. The van der Waals surface area contributed by atoms with Crippen molar-refractivity contribution in [1.82, 2.24) is 9.97 Å². The first-order valence-electron chi connectivity index (χ1n) is 8.79. The number of nitrogens with one attached hydrogen (secondary N) is 2. The van der Waals surface area contributed by atoms with E-state index < -0.39 is 35.3 Å². The van der Waals surface area contributed by atoms with E-state index in [1.807, 2.05) is 5.32 Å². The summed E-state index contributed by atoms with van der Waals surface area (Å²) < 4.78 is 82.2. The van der Waals surface area contributed by atoms with Crippen molar-refractivity contribution in [3.8, 4) is 0 Å². The maximum Gasteiger partial charge on any atom is 0.416 e. The van der Waals surface area contributed by atoms with Crippen LogP contribution >= 0.6 is 0 Å². The molecule has 2 N–H and O–H groups in total. The number of hydrogen-bond acceptors (Lipinski definition) is 3. The molecule has 5 nitrogen and oxygen atoms in total. The molecule has 0 spiro atoms. The van der Waals surface area contributed by atoms with Crippen molar-refractivity contribution in [3.05, 3.63) is 82.9 Å². The number of benzene rings is 2. The number of amides is 1. The molecule has 2 aromatic carbocycles. The fourth-order valence-electron chi connectivity index (χ4n) is 2.68. The molecule has 0 bridgehead atoms. The lowest BCUT2D eigenvalue weighted by molar-refractivity contribution is -0.143. The number of anilines is 1. The summed E-state index contributed by atoms with van der Waals surface area (Å²) in [5.41, 5.74) is -1.30. The highest BCUT2D eigenvalue weighted by Gasteiger charge is 2.37. The Labute approximate surface area is 172 Å². The Hall–Kier alpha value is -3.50. The van der Waals surface area contributed by atoms with E-state index in [0.29, 0.717) is 24.1 Å². The Morgan fingerprint density at radius 2 is 1.52 bits per heavy atom. The van der Waals surface area contributed by atoms with E-state index in [9.17, 15) is 31.1 Å². The number of ether oxygens (including phenoxy) is 1. The van der Waals surface area contributed by atoms with Crippen LogP contribution in [-0.2, 0) is 30.1 Å². The van der Waals surface area contributed by atoms with Crippen LogP contribution in [-0.4, -0.2) is 16.1 Å². The molecule has 31 heavy (non-hydrogen) atoms. The summed E-state index contributed by atoms with van der Waals surface area (Å²) in [4.78, 5) is 18.8. The third kappa shape index (κ3) is 6.24. The smallest absolute Gasteiger partial charge is 0.416 e. The van der Waals surface area contributed by atoms with Crippen LogP contribution in [0.2, 0.25) is 0 Å². The average Bonchev–Trinajstić information content (AvgIpc) is 3.19. The van der Waals surface area contributed by atoms with Gasteiger partial charge in [-0.3, -0.25) is 5.32 Å². The Balaban J connectivity index is 1.62. The molecule has 0 aliphatic rings. The van der Waals surface area contributed by atoms with E-state index in [1.165, 1.54) is 0 Å². The predicted octanol–water partition coefficient (Wildman–Crippen LogP) is 5.79. The first-order valence-corrected chi connectivity index (χ1v) is 8.79. The zero-order chi connectivity index (χ0) is 22.6. The van der Waals surface area contributed by atoms with Crippen LogP contribution < -0.4 is 5.32 Å². The fourth-order valence-corrected chi connectivity index (χ4v) is 2.68. The largest absolute Gasteiger partial charge is 0.444 e. The molecule has 164 valence electrons. The van der Waals surface area contributed by atoms with Crippen LogP contribution in [0.1, 0.15) is 27.9 Å². The van der Waals surface area contributed by atoms with E-state index >= 15 is 0 Å². The van der Waals surface area contributed by atoms with Crippen molar-refractivity contribution in [2.24, 2.45) is 0 Å². The average molecular weight is 443 g/mol. The summed E-state index contributed by atoms with van der Waals surface area (Å²) in [6, 6.07) is 7.73. The van der Waals surface area contributed by atoms with Gasteiger partial charge in [-0.15, -0.1) is 0 Å². The number of carbonyl (C=O) groups is 1. The molecule has 0 atom stereocenters. The minimum atomic E-state index is -5.01. The second-order valence-electron chi connectivity index (χ2n) is 6.57. The number of H-pyrrole nitrogens is 1. The predicted molar refractivity (Wildman–Crippen MR) is 98.1 cm³/mol. The number of aromatic amines is 1. The number of carbonyl (C=O) groups excluding carboxylic acids is 1. The van der Waals surface area contributed by atoms with E-state index in [1.54, 1.807) is 36.8 Å². The summed E-state index contributed by atoms with van der Waals surface area (Å²) in [6.45, 7) is -0.221. The van der Waals surface area contributed by atoms with Crippen LogP contribution in [0.4, 0.5) is 36.8 Å². The molecule has 0 saturated carbocycles. The van der Waals surface area contributed by atoms with E-state index in [-0.39, 0.29) is 12.7 Å². The molecule has 3 aromatic rings. The molecule has 1 amide bonds. The number of hydrogen-bond donors (Lipinski definition) is 2. The minimum absolute atomic E-state index is 0.0265. The van der Waals surface area contributed by atoms with Gasteiger partial charge in [0.15, 0.2) is 0 Å². The van der Waals surface area contributed by atoms with Gasteiger partial charge in [-0.05, 0) is 29.3 Å². The van der Waals surface area contributed by atoms with Gasteiger partial charge in [0.05, 0.1) is 17.5 Å². The van der Waals surface area contributed by atoms with Gasteiger partial charge in [-0.1, -0.05) is 24.3 Å². The Kier molecular flexibility index (Phi) is 6.23. The lowest BCUT2D eigenvalue weighted by Gasteiger charge is -2.15. The molecule has 11 heteroatoms. The summed E-state index contributed by atoms with van der Waals surface area (Å²) >= 11 is 0. The zero-order valence-corrected chi connectivity index (χ0v) is 15.6. The Bertz CT molecular complexity index is 996. The lowest BCUT2D eigenvalue weighted by Crippen LogP contribution is -2.16. The maximum atomic E-state index is 12.9. The Morgan fingerprint density at radius 3 is 2.03 bits per heavy atom. The summed E-state index contributed by atoms with van der Waals surface area (Å²) in [7, 11) is 0. The molecule has 0 fully saturated rings. The van der Waals surface area contributed by atoms with Crippen molar-refractivity contribution < 1.29 is 35.9 Å². The second-order valence-corrected chi connectivity index (χ2v) is 6.57. The van der Waals surface area contributed by atoms with Crippen molar-refractivity contribution in [2.45, 2.75) is 25.4 Å². The second kappa shape index (κ2) is 8.70. The highest BCUT2D eigenvalue weighted by Crippen LogP contribution is 2.37. The SMILES string of the molecule is O=C(Nc1cc(C(F)(F)F)cc(C(F)(F)F)c1)OCc1ccc(Cc2cnc[nH]2)cc1. The van der Waals surface area contributed by atoms with Gasteiger partial charge < -0.3 is 9.72 Å². The molecule has 0 saturated heterocycles. The molecular formula is C20H15F6N3O2. The van der Waals surface area contributed by atoms with Crippen molar-refractivity contribution in [1.29, 1.82) is 0 Å². The molecular weight excluding hydrogens is 428 g/mol. The van der Waals surface area contributed by atoms with Gasteiger partial charge in [0.25, 0.3) is 0 Å². The number of halogens is 6. The third-order valence-electron chi connectivity index (χ3n) is 4.18. The molecule has 0 aliphatic carbocycles. The third-order valence-corrected chi connectivity index (χ3v) is 4.18. The van der Waals surface area contributed by atoms with Gasteiger partial charge in [0.1, 0.15) is 6.61 Å². The highest BCUT2D eigenvalue weighted by atomic mass is 19.4. The summed E-state index contributed by atoms with van der Waals surface area (Å²) in [5.74, 6) is 0. The van der Waals surface area contributed by atoms with Crippen LogP contribution in [0.25, 0.3) is 0 Å². The van der Waals surface area contributed by atoms with E-state index in [0.717, 1.165) is 11.3 Å². The molecule has 1 aromatic heterocycles. The minimum Gasteiger partial charge on any atom is -0.444 e. The first kappa shape index (κ1) is 22.2. The van der Waals surface area contributed by atoms with Gasteiger partial charge in [0, 0.05) is 24.0 Å². The number of rotatable bonds is 5. The number of imidazole rings is 1. The molecule has 1 heterocycles. The normalized spacial score (nSPS) is 11.9. The first-order chi connectivity index (χ1) is 14.5. The van der Waals surface area contributed by atoms with Crippen LogP contribution in [0.3, 0.4) is 0 Å². The van der Waals surface area contributed by atoms with E-state index in [4.69, 9.17) is 4.74 Å². The van der Waals surface area contributed by atoms with E-state index in [2.05, 4.69) is 9.97 Å². The van der Waals surface area contributed by atoms with Crippen molar-refractivity contribution in [2.75, 3.05) is 5.32 Å². The maximum absolute atomic E-state index is 12.9. The molecule has 0 unspecified atom stereocenters. The molecule has 3 rings (SSSR count). The van der Waals surface area contributed by atoms with Gasteiger partial charge in [-0.25, -0.2) is 9.78 Å². The standard InChI is InChI=1S/C20H15F6N3O2/c21-19(22,23)14-6-15(20(24,25)26)8-16(7-14)29-18(30)31-10-13-3-1-12(2-4-13)5-17-9-27-11-28-17/h1-4,6-9,11H,5,10H2,(H,27,28)(H,29,30). The summed E-state index contributed by atoms with van der Waals surface area (Å²) in [6.07, 6.45) is -7.37. The number of aromatic nitrogens is 2. The Morgan fingerprint density at radius 1 is 0.935 bits per heavy atom. The number of alkyl halides is 6. The van der Waals surface area contributed by atoms with Crippen LogP contribution in [0.15, 0.2) is 55.0 Å². The van der Waals surface area contributed by atoms with Gasteiger partial charge >= 0.3 is 18.4 Å². The molecule has 0 radical (unpaired) electrons. The highest BCUT2D eigenvalue weighted by molar-refractivity contribution is 5.85. The lowest BCUT2D eigenvalue weighted by atomic mass is 10.1.